The summed E-state index contributed by atoms with van der Waals surface area (Å²) in [5, 5.41) is 3.63. The molecule has 1 aliphatic heterocycles. The summed E-state index contributed by atoms with van der Waals surface area (Å²) in [5.41, 5.74) is 1.29. The molecule has 3 nitrogen and oxygen atoms in total. The van der Waals surface area contributed by atoms with Gasteiger partial charge in [-0.2, -0.15) is 0 Å². The fourth-order valence-corrected chi connectivity index (χ4v) is 2.68. The van der Waals surface area contributed by atoms with Gasteiger partial charge in [0.05, 0.1) is 6.61 Å². The molecule has 0 amide bonds. The fraction of sp³-hybridized carbons (Fsp3) is 0.625. The van der Waals surface area contributed by atoms with Crippen molar-refractivity contribution in [3.05, 3.63) is 29.8 Å². The van der Waals surface area contributed by atoms with E-state index in [9.17, 15) is 0 Å². The minimum atomic E-state index is 0.226. The standard InChI is InChI=1S/C16H25NO2/c1-4-9-17-14-10-16(12(2)11-18-3)19-15-8-6-5-7-13(14)15/h5-8,12,14,16-17H,4,9-11H2,1-3H3. The molecule has 0 saturated carbocycles. The summed E-state index contributed by atoms with van der Waals surface area (Å²) < 4.78 is 11.4. The monoisotopic (exact) mass is 263 g/mol. The van der Waals surface area contributed by atoms with Crippen molar-refractivity contribution in [2.24, 2.45) is 5.92 Å². The highest BCUT2D eigenvalue weighted by Gasteiger charge is 2.30. The van der Waals surface area contributed by atoms with Crippen LogP contribution in [0.25, 0.3) is 0 Å². The molecule has 3 heteroatoms. The molecule has 1 aromatic rings. The predicted molar refractivity (Wildman–Crippen MR) is 77.5 cm³/mol. The van der Waals surface area contributed by atoms with Crippen LogP contribution >= 0.6 is 0 Å². The van der Waals surface area contributed by atoms with Gasteiger partial charge in [-0.1, -0.05) is 32.0 Å². The van der Waals surface area contributed by atoms with E-state index in [1.54, 1.807) is 7.11 Å². The van der Waals surface area contributed by atoms with Gasteiger partial charge in [-0.3, -0.25) is 0 Å². The molecule has 3 unspecified atom stereocenters. The van der Waals surface area contributed by atoms with Crippen LogP contribution in [0, 0.1) is 5.92 Å². The normalized spacial score (nSPS) is 23.5. The van der Waals surface area contributed by atoms with Crippen LogP contribution < -0.4 is 10.1 Å². The van der Waals surface area contributed by atoms with Crippen LogP contribution in [-0.4, -0.2) is 26.4 Å². The first-order valence-corrected chi connectivity index (χ1v) is 7.24. The molecule has 0 saturated heterocycles. The first-order chi connectivity index (χ1) is 9.26. The number of hydrogen-bond donors (Lipinski definition) is 1. The molecular formula is C16H25NO2. The number of rotatable bonds is 6. The quantitative estimate of drug-likeness (QED) is 0.855. The highest BCUT2D eigenvalue weighted by Crippen LogP contribution is 2.36. The Kier molecular flexibility index (Phi) is 5.23. The third-order valence-corrected chi connectivity index (χ3v) is 3.75. The topological polar surface area (TPSA) is 30.5 Å². The third-order valence-electron chi connectivity index (χ3n) is 3.75. The minimum absolute atomic E-state index is 0.226. The van der Waals surface area contributed by atoms with E-state index in [2.05, 4.69) is 37.4 Å². The summed E-state index contributed by atoms with van der Waals surface area (Å²) in [4.78, 5) is 0. The molecule has 2 rings (SSSR count). The first kappa shape index (κ1) is 14.4. The zero-order valence-corrected chi connectivity index (χ0v) is 12.2. The molecule has 3 atom stereocenters. The molecule has 0 fully saturated rings. The van der Waals surface area contributed by atoms with Crippen molar-refractivity contribution >= 4 is 0 Å². The van der Waals surface area contributed by atoms with E-state index >= 15 is 0 Å². The molecule has 106 valence electrons. The van der Waals surface area contributed by atoms with Gasteiger partial charge in [0.1, 0.15) is 11.9 Å². The Hall–Kier alpha value is -1.06. The van der Waals surface area contributed by atoms with Crippen LogP contribution in [0.1, 0.15) is 38.3 Å². The highest BCUT2D eigenvalue weighted by atomic mass is 16.5. The summed E-state index contributed by atoms with van der Waals surface area (Å²) >= 11 is 0. The molecule has 0 radical (unpaired) electrons. The second-order valence-electron chi connectivity index (χ2n) is 5.37. The van der Waals surface area contributed by atoms with Crippen LogP contribution in [0.3, 0.4) is 0 Å². The van der Waals surface area contributed by atoms with Crippen LogP contribution in [0.2, 0.25) is 0 Å². The zero-order valence-electron chi connectivity index (χ0n) is 12.2. The van der Waals surface area contributed by atoms with Crippen molar-refractivity contribution in [1.29, 1.82) is 0 Å². The van der Waals surface area contributed by atoms with Gasteiger partial charge in [0.15, 0.2) is 0 Å². The number of fused-ring (bicyclic) bond motifs is 1. The Morgan fingerprint density at radius 3 is 2.95 bits per heavy atom. The molecule has 0 aliphatic carbocycles. The molecule has 0 aromatic heterocycles. The van der Waals surface area contributed by atoms with Crippen molar-refractivity contribution in [1.82, 2.24) is 5.32 Å². The average Bonchev–Trinajstić information content (AvgIpc) is 2.44. The zero-order chi connectivity index (χ0) is 13.7. The van der Waals surface area contributed by atoms with E-state index in [4.69, 9.17) is 9.47 Å². The lowest BCUT2D eigenvalue weighted by atomic mass is 9.91. The van der Waals surface area contributed by atoms with E-state index in [0.29, 0.717) is 12.0 Å². The molecule has 19 heavy (non-hydrogen) atoms. The van der Waals surface area contributed by atoms with Gasteiger partial charge in [-0.15, -0.1) is 0 Å². The maximum Gasteiger partial charge on any atom is 0.124 e. The van der Waals surface area contributed by atoms with Crippen molar-refractivity contribution in [2.75, 3.05) is 20.3 Å². The van der Waals surface area contributed by atoms with E-state index in [1.807, 2.05) is 6.07 Å². The maximum absolute atomic E-state index is 6.14. The molecule has 1 N–H and O–H groups in total. The number of methoxy groups -OCH3 is 1. The van der Waals surface area contributed by atoms with E-state index < -0.39 is 0 Å². The lowest BCUT2D eigenvalue weighted by Crippen LogP contribution is -2.38. The average molecular weight is 263 g/mol. The Bertz CT molecular complexity index is 394. The van der Waals surface area contributed by atoms with E-state index in [-0.39, 0.29) is 6.10 Å². The lowest BCUT2D eigenvalue weighted by molar-refractivity contribution is 0.0501. The number of nitrogens with one attached hydrogen (secondary N) is 1. The van der Waals surface area contributed by atoms with Crippen molar-refractivity contribution in [2.45, 2.75) is 38.8 Å². The molecule has 1 aromatic carbocycles. The minimum Gasteiger partial charge on any atom is -0.490 e. The van der Waals surface area contributed by atoms with E-state index in [1.165, 1.54) is 5.56 Å². The summed E-state index contributed by atoms with van der Waals surface area (Å²) in [6.45, 7) is 6.18. The Balaban J connectivity index is 2.14. The summed E-state index contributed by atoms with van der Waals surface area (Å²) in [7, 11) is 1.75. The largest absolute Gasteiger partial charge is 0.490 e. The first-order valence-electron chi connectivity index (χ1n) is 7.24. The maximum atomic E-state index is 6.14. The van der Waals surface area contributed by atoms with Gasteiger partial charge in [0.25, 0.3) is 0 Å². The third kappa shape index (κ3) is 3.48. The van der Waals surface area contributed by atoms with Gasteiger partial charge in [0.2, 0.25) is 0 Å². The molecule has 0 bridgehead atoms. The molecule has 1 heterocycles. The van der Waals surface area contributed by atoms with Crippen LogP contribution in [0.4, 0.5) is 0 Å². The Morgan fingerprint density at radius 2 is 2.21 bits per heavy atom. The second-order valence-corrected chi connectivity index (χ2v) is 5.37. The Labute approximate surface area is 116 Å². The van der Waals surface area contributed by atoms with Gasteiger partial charge >= 0.3 is 0 Å². The number of para-hydroxylation sites is 1. The second kappa shape index (κ2) is 6.92. The molecular weight excluding hydrogens is 238 g/mol. The van der Waals surface area contributed by atoms with Crippen molar-refractivity contribution in [3.8, 4) is 5.75 Å². The Morgan fingerprint density at radius 1 is 1.42 bits per heavy atom. The predicted octanol–water partition coefficient (Wildman–Crippen LogP) is 3.16. The van der Waals surface area contributed by atoms with Crippen LogP contribution in [0.15, 0.2) is 24.3 Å². The van der Waals surface area contributed by atoms with Gasteiger partial charge < -0.3 is 14.8 Å². The van der Waals surface area contributed by atoms with Gasteiger partial charge in [-0.25, -0.2) is 0 Å². The number of hydrogen-bond acceptors (Lipinski definition) is 3. The van der Waals surface area contributed by atoms with Crippen molar-refractivity contribution in [3.63, 3.8) is 0 Å². The number of benzene rings is 1. The smallest absolute Gasteiger partial charge is 0.124 e. The van der Waals surface area contributed by atoms with Gasteiger partial charge in [-0.05, 0) is 19.0 Å². The highest BCUT2D eigenvalue weighted by molar-refractivity contribution is 5.38. The summed E-state index contributed by atoms with van der Waals surface area (Å²) in [6.07, 6.45) is 2.39. The van der Waals surface area contributed by atoms with E-state index in [0.717, 1.165) is 31.7 Å². The SMILES string of the molecule is CCCNC1CC(C(C)COC)Oc2ccccc21. The summed E-state index contributed by atoms with van der Waals surface area (Å²) in [5.74, 6) is 1.43. The summed E-state index contributed by atoms with van der Waals surface area (Å²) in [6, 6.07) is 8.76. The number of ether oxygens (including phenoxy) is 2. The van der Waals surface area contributed by atoms with Crippen molar-refractivity contribution < 1.29 is 9.47 Å². The van der Waals surface area contributed by atoms with Crippen LogP contribution in [-0.2, 0) is 4.74 Å². The fourth-order valence-electron chi connectivity index (χ4n) is 2.68. The molecule has 1 aliphatic rings. The lowest BCUT2D eigenvalue weighted by Gasteiger charge is -2.35. The molecule has 0 spiro atoms. The van der Waals surface area contributed by atoms with Gasteiger partial charge in [0, 0.05) is 31.1 Å². The van der Waals surface area contributed by atoms with Crippen LogP contribution in [0.5, 0.6) is 5.75 Å².